The predicted octanol–water partition coefficient (Wildman–Crippen LogP) is 4.71. The Kier molecular flexibility index (Phi) is 5.40. The smallest absolute Gasteiger partial charge is 0.222 e. The van der Waals surface area contributed by atoms with E-state index < -0.39 is 0 Å². The molecule has 2 rings (SSSR count). The molecule has 0 aliphatic rings. The molecule has 1 aromatic heterocycles. The molecule has 0 fully saturated rings. The van der Waals surface area contributed by atoms with Crippen molar-refractivity contribution in [1.82, 2.24) is 10.3 Å². The van der Waals surface area contributed by atoms with Crippen molar-refractivity contribution in [2.45, 2.75) is 20.4 Å². The Labute approximate surface area is 132 Å². The highest BCUT2D eigenvalue weighted by Gasteiger charge is 2.08. The maximum atomic E-state index is 6.11. The Morgan fingerprint density at radius 1 is 1.35 bits per heavy atom. The highest BCUT2D eigenvalue weighted by atomic mass is 79.9. The maximum Gasteiger partial charge on any atom is 0.222 e. The average Bonchev–Trinajstić information content (AvgIpc) is 2.43. The van der Waals surface area contributed by atoms with Gasteiger partial charge < -0.3 is 10.1 Å². The van der Waals surface area contributed by atoms with E-state index >= 15 is 0 Å². The fourth-order valence-corrected chi connectivity index (χ4v) is 2.25. The van der Waals surface area contributed by atoms with Gasteiger partial charge in [0.15, 0.2) is 0 Å². The summed E-state index contributed by atoms with van der Waals surface area (Å²) in [6.07, 6.45) is 1.82. The lowest BCUT2D eigenvalue weighted by atomic mass is 10.2. The number of aromatic nitrogens is 1. The van der Waals surface area contributed by atoms with Crippen molar-refractivity contribution >= 4 is 27.5 Å². The molecule has 0 aliphatic carbocycles. The van der Waals surface area contributed by atoms with Crippen LogP contribution in [0, 0.1) is 6.92 Å². The predicted molar refractivity (Wildman–Crippen MR) is 85.6 cm³/mol. The van der Waals surface area contributed by atoms with Crippen molar-refractivity contribution in [1.29, 1.82) is 0 Å². The summed E-state index contributed by atoms with van der Waals surface area (Å²) in [7, 11) is 0. The van der Waals surface area contributed by atoms with Crippen molar-refractivity contribution in [3.63, 3.8) is 0 Å². The van der Waals surface area contributed by atoms with E-state index in [4.69, 9.17) is 16.3 Å². The van der Waals surface area contributed by atoms with Crippen molar-refractivity contribution < 1.29 is 4.74 Å². The van der Waals surface area contributed by atoms with Crippen LogP contribution in [-0.4, -0.2) is 11.5 Å². The normalized spacial score (nSPS) is 10.6. The zero-order chi connectivity index (χ0) is 14.5. The van der Waals surface area contributed by atoms with E-state index in [1.807, 2.05) is 25.3 Å². The Morgan fingerprint density at radius 3 is 2.85 bits per heavy atom. The van der Waals surface area contributed by atoms with Gasteiger partial charge in [-0.05, 0) is 43.3 Å². The molecule has 1 heterocycles. The van der Waals surface area contributed by atoms with Gasteiger partial charge in [-0.2, -0.15) is 0 Å². The second kappa shape index (κ2) is 7.07. The van der Waals surface area contributed by atoms with Crippen LogP contribution in [0.2, 0.25) is 5.02 Å². The standard InChI is InChI=1S/C15H16BrClN2O/c1-3-18-8-11-6-10(2)15(19-9-11)20-14-7-12(16)4-5-13(14)17/h4-7,9,18H,3,8H2,1-2H3. The van der Waals surface area contributed by atoms with Gasteiger partial charge >= 0.3 is 0 Å². The fourth-order valence-electron chi connectivity index (χ4n) is 1.75. The summed E-state index contributed by atoms with van der Waals surface area (Å²) in [6, 6.07) is 7.55. The number of ether oxygens (including phenoxy) is 1. The average molecular weight is 356 g/mol. The van der Waals surface area contributed by atoms with E-state index in [9.17, 15) is 0 Å². The molecule has 0 atom stereocenters. The summed E-state index contributed by atoms with van der Waals surface area (Å²) in [5.41, 5.74) is 2.12. The van der Waals surface area contributed by atoms with Crippen molar-refractivity contribution in [3.8, 4) is 11.6 Å². The molecule has 0 saturated carbocycles. The number of hydrogen-bond donors (Lipinski definition) is 1. The molecule has 0 unspecified atom stereocenters. The lowest BCUT2D eigenvalue weighted by molar-refractivity contribution is 0.458. The zero-order valence-electron chi connectivity index (χ0n) is 11.4. The Hall–Kier alpha value is -1.10. The Morgan fingerprint density at radius 2 is 2.15 bits per heavy atom. The minimum Gasteiger partial charge on any atom is -0.437 e. The molecule has 0 bridgehead atoms. The van der Waals surface area contributed by atoms with Gasteiger partial charge in [-0.1, -0.05) is 34.5 Å². The molecule has 0 spiro atoms. The van der Waals surface area contributed by atoms with Crippen LogP contribution < -0.4 is 10.1 Å². The van der Waals surface area contributed by atoms with E-state index in [0.29, 0.717) is 16.7 Å². The molecular formula is C15H16BrClN2O. The second-order valence-electron chi connectivity index (χ2n) is 4.42. The van der Waals surface area contributed by atoms with Crippen molar-refractivity contribution in [2.75, 3.05) is 6.54 Å². The molecule has 106 valence electrons. The Balaban J connectivity index is 2.19. The van der Waals surface area contributed by atoms with Crippen molar-refractivity contribution in [3.05, 3.63) is 51.1 Å². The van der Waals surface area contributed by atoms with E-state index in [0.717, 1.165) is 28.7 Å². The first-order valence-corrected chi connectivity index (χ1v) is 7.56. The third-order valence-corrected chi connectivity index (χ3v) is 3.57. The summed E-state index contributed by atoms with van der Waals surface area (Å²) in [5, 5.41) is 3.83. The van der Waals surface area contributed by atoms with Gasteiger partial charge in [-0.3, -0.25) is 0 Å². The summed E-state index contributed by atoms with van der Waals surface area (Å²) >= 11 is 9.52. The van der Waals surface area contributed by atoms with Gasteiger partial charge in [0.1, 0.15) is 5.75 Å². The number of pyridine rings is 1. The second-order valence-corrected chi connectivity index (χ2v) is 5.75. The van der Waals surface area contributed by atoms with Crippen LogP contribution in [-0.2, 0) is 6.54 Å². The highest BCUT2D eigenvalue weighted by Crippen LogP contribution is 2.32. The number of benzene rings is 1. The number of nitrogens with zero attached hydrogens (tertiary/aromatic N) is 1. The van der Waals surface area contributed by atoms with Crippen LogP contribution in [0.15, 0.2) is 34.9 Å². The Bertz CT molecular complexity index is 604. The third-order valence-electron chi connectivity index (χ3n) is 2.77. The molecular weight excluding hydrogens is 340 g/mol. The van der Waals surface area contributed by atoms with Gasteiger partial charge in [0.25, 0.3) is 0 Å². The van der Waals surface area contributed by atoms with Crippen LogP contribution in [0.25, 0.3) is 0 Å². The first kappa shape index (κ1) is 15.3. The molecule has 0 saturated heterocycles. The van der Waals surface area contributed by atoms with E-state index in [1.54, 1.807) is 6.07 Å². The molecule has 0 aliphatic heterocycles. The van der Waals surface area contributed by atoms with Crippen LogP contribution in [0.1, 0.15) is 18.1 Å². The summed E-state index contributed by atoms with van der Waals surface area (Å²) in [4.78, 5) is 4.36. The van der Waals surface area contributed by atoms with Crippen molar-refractivity contribution in [2.24, 2.45) is 0 Å². The zero-order valence-corrected chi connectivity index (χ0v) is 13.8. The van der Waals surface area contributed by atoms with E-state index in [-0.39, 0.29) is 0 Å². The number of aryl methyl sites for hydroxylation is 1. The van der Waals surface area contributed by atoms with E-state index in [2.05, 4.69) is 39.2 Å². The quantitative estimate of drug-likeness (QED) is 0.843. The molecule has 5 heteroatoms. The molecule has 0 amide bonds. The van der Waals surface area contributed by atoms with Gasteiger partial charge in [0.2, 0.25) is 5.88 Å². The van der Waals surface area contributed by atoms with Gasteiger partial charge in [-0.25, -0.2) is 4.98 Å². The summed E-state index contributed by atoms with van der Waals surface area (Å²) in [5.74, 6) is 1.17. The molecule has 0 radical (unpaired) electrons. The van der Waals surface area contributed by atoms with Gasteiger partial charge in [0.05, 0.1) is 5.02 Å². The summed E-state index contributed by atoms with van der Waals surface area (Å²) in [6.45, 7) is 5.80. The minimum absolute atomic E-state index is 0.561. The van der Waals surface area contributed by atoms with Crippen LogP contribution >= 0.6 is 27.5 Å². The number of rotatable bonds is 5. The molecule has 1 N–H and O–H groups in total. The van der Waals surface area contributed by atoms with Crippen LogP contribution in [0.4, 0.5) is 0 Å². The minimum atomic E-state index is 0.561. The monoisotopic (exact) mass is 354 g/mol. The van der Waals surface area contributed by atoms with Crippen LogP contribution in [0.5, 0.6) is 11.6 Å². The SMILES string of the molecule is CCNCc1cnc(Oc2cc(Br)ccc2Cl)c(C)c1. The van der Waals surface area contributed by atoms with Gasteiger partial charge in [-0.15, -0.1) is 0 Å². The summed E-state index contributed by atoms with van der Waals surface area (Å²) < 4.78 is 6.70. The molecule has 2 aromatic rings. The lowest BCUT2D eigenvalue weighted by Crippen LogP contribution is -2.12. The largest absolute Gasteiger partial charge is 0.437 e. The maximum absolute atomic E-state index is 6.11. The molecule has 3 nitrogen and oxygen atoms in total. The number of halogens is 2. The topological polar surface area (TPSA) is 34.2 Å². The van der Waals surface area contributed by atoms with Crippen LogP contribution in [0.3, 0.4) is 0 Å². The number of nitrogens with one attached hydrogen (secondary N) is 1. The first-order chi connectivity index (χ1) is 9.60. The molecule has 1 aromatic carbocycles. The van der Waals surface area contributed by atoms with Gasteiger partial charge in [0, 0.05) is 22.8 Å². The molecule has 20 heavy (non-hydrogen) atoms. The third kappa shape index (κ3) is 3.95. The first-order valence-electron chi connectivity index (χ1n) is 6.39. The van der Waals surface area contributed by atoms with E-state index in [1.165, 1.54) is 0 Å². The lowest BCUT2D eigenvalue weighted by Gasteiger charge is -2.11. The fraction of sp³-hybridized carbons (Fsp3) is 0.267. The number of hydrogen-bond acceptors (Lipinski definition) is 3. The highest BCUT2D eigenvalue weighted by molar-refractivity contribution is 9.10.